The van der Waals surface area contributed by atoms with E-state index >= 15 is 0 Å². The Hall–Kier alpha value is -1.69. The first-order valence-electron chi connectivity index (χ1n) is 3.53. The maximum Gasteiger partial charge on any atom is 0.113 e. The Morgan fingerprint density at radius 1 is 1.33 bits per heavy atom. The number of nitroso groups, excluding NO2 is 1. The summed E-state index contributed by atoms with van der Waals surface area (Å²) < 4.78 is 0. The van der Waals surface area contributed by atoms with Crippen molar-refractivity contribution in [2.75, 3.05) is 0 Å². The van der Waals surface area contributed by atoms with Crippen LogP contribution in [0.4, 0.5) is 5.69 Å². The molecular weight excluding hydrogens is 152 g/mol. The lowest BCUT2D eigenvalue weighted by Gasteiger charge is -2.00. The van der Waals surface area contributed by atoms with Crippen molar-refractivity contribution < 1.29 is 0 Å². The van der Waals surface area contributed by atoms with Gasteiger partial charge in [0.25, 0.3) is 0 Å². The average molecular weight is 160 g/mol. The zero-order valence-corrected chi connectivity index (χ0v) is 6.96. The summed E-state index contributed by atoms with van der Waals surface area (Å²) in [4.78, 5) is 10.3. The van der Waals surface area contributed by atoms with Gasteiger partial charge in [-0.1, -0.05) is 0 Å². The standard InChI is InChI=1S/C9H8N2O/c1-6-3-8(5-10)4-7(2)9(6)11-12/h3-4H,1-2H3. The molecule has 1 aromatic rings. The third-order valence-corrected chi connectivity index (χ3v) is 1.71. The van der Waals surface area contributed by atoms with E-state index in [9.17, 15) is 4.91 Å². The minimum atomic E-state index is 0.439. The van der Waals surface area contributed by atoms with E-state index in [2.05, 4.69) is 5.18 Å². The van der Waals surface area contributed by atoms with Crippen molar-refractivity contribution in [1.29, 1.82) is 5.26 Å². The predicted molar refractivity (Wildman–Crippen MR) is 46.1 cm³/mol. The minimum Gasteiger partial charge on any atom is -0.192 e. The topological polar surface area (TPSA) is 53.2 Å². The third kappa shape index (κ3) is 1.32. The molecule has 0 unspecified atom stereocenters. The van der Waals surface area contributed by atoms with Crippen LogP contribution in [0.1, 0.15) is 16.7 Å². The van der Waals surface area contributed by atoms with Gasteiger partial charge in [0.1, 0.15) is 5.69 Å². The zero-order valence-electron chi connectivity index (χ0n) is 6.96. The van der Waals surface area contributed by atoms with Crippen LogP contribution in [0.5, 0.6) is 0 Å². The highest BCUT2D eigenvalue weighted by Crippen LogP contribution is 2.24. The van der Waals surface area contributed by atoms with E-state index in [0.717, 1.165) is 11.1 Å². The summed E-state index contributed by atoms with van der Waals surface area (Å²) in [7, 11) is 0. The normalized spacial score (nSPS) is 9.08. The van der Waals surface area contributed by atoms with Crippen molar-refractivity contribution in [2.45, 2.75) is 13.8 Å². The number of nitriles is 1. The molecule has 0 bridgehead atoms. The third-order valence-electron chi connectivity index (χ3n) is 1.71. The molecule has 1 rings (SSSR count). The number of nitrogens with zero attached hydrogens (tertiary/aromatic N) is 2. The smallest absolute Gasteiger partial charge is 0.113 e. The molecule has 0 spiro atoms. The summed E-state index contributed by atoms with van der Waals surface area (Å²) >= 11 is 0. The van der Waals surface area contributed by atoms with Crippen LogP contribution in [-0.2, 0) is 0 Å². The Kier molecular flexibility index (Phi) is 2.20. The molecule has 60 valence electrons. The molecule has 3 heteroatoms. The van der Waals surface area contributed by atoms with Gasteiger partial charge >= 0.3 is 0 Å². The van der Waals surface area contributed by atoms with Crippen molar-refractivity contribution in [3.05, 3.63) is 33.7 Å². The second-order valence-corrected chi connectivity index (χ2v) is 2.66. The van der Waals surface area contributed by atoms with Gasteiger partial charge in [0.2, 0.25) is 0 Å². The van der Waals surface area contributed by atoms with Crippen LogP contribution in [0.3, 0.4) is 0 Å². The van der Waals surface area contributed by atoms with E-state index in [1.165, 1.54) is 0 Å². The van der Waals surface area contributed by atoms with Gasteiger partial charge in [-0.2, -0.15) is 5.26 Å². The summed E-state index contributed by atoms with van der Waals surface area (Å²) in [6, 6.07) is 5.33. The Labute approximate surface area is 70.6 Å². The highest BCUT2D eigenvalue weighted by molar-refractivity contribution is 5.55. The molecule has 0 heterocycles. The lowest BCUT2D eigenvalue weighted by Crippen LogP contribution is -1.83. The van der Waals surface area contributed by atoms with E-state index < -0.39 is 0 Å². The molecule has 0 amide bonds. The summed E-state index contributed by atoms with van der Waals surface area (Å²) in [6.45, 7) is 3.54. The number of hydrogen-bond acceptors (Lipinski definition) is 3. The number of rotatable bonds is 1. The number of hydrogen-bond donors (Lipinski definition) is 0. The Bertz CT molecular complexity index is 340. The maximum atomic E-state index is 10.3. The Balaban J connectivity index is 3.39. The molecule has 0 atom stereocenters. The summed E-state index contributed by atoms with van der Waals surface area (Å²) in [6.07, 6.45) is 0. The molecule has 0 saturated carbocycles. The highest BCUT2D eigenvalue weighted by Gasteiger charge is 2.04. The fraction of sp³-hybridized carbons (Fsp3) is 0.222. The second kappa shape index (κ2) is 3.14. The first kappa shape index (κ1) is 8.41. The molecule has 12 heavy (non-hydrogen) atoms. The van der Waals surface area contributed by atoms with E-state index in [-0.39, 0.29) is 0 Å². The quantitative estimate of drug-likeness (QED) is 0.593. The summed E-state index contributed by atoms with van der Waals surface area (Å²) in [5, 5.41) is 11.5. The first-order valence-corrected chi connectivity index (χ1v) is 3.53. The van der Waals surface area contributed by atoms with Crippen LogP contribution in [0.15, 0.2) is 17.3 Å². The SMILES string of the molecule is Cc1cc(C#N)cc(C)c1N=O. The highest BCUT2D eigenvalue weighted by atomic mass is 16.3. The van der Waals surface area contributed by atoms with Crippen LogP contribution in [0, 0.1) is 30.1 Å². The van der Waals surface area contributed by atoms with E-state index in [4.69, 9.17) is 5.26 Å². The lowest BCUT2D eigenvalue weighted by atomic mass is 10.1. The van der Waals surface area contributed by atoms with Gasteiger partial charge in [-0.15, -0.1) is 4.91 Å². The number of aryl methyl sites for hydroxylation is 2. The van der Waals surface area contributed by atoms with Gasteiger partial charge in [-0.05, 0) is 42.3 Å². The molecule has 0 N–H and O–H groups in total. The molecule has 0 radical (unpaired) electrons. The lowest BCUT2D eigenvalue weighted by molar-refractivity contribution is 1.30. The van der Waals surface area contributed by atoms with E-state index in [1.54, 1.807) is 26.0 Å². The molecule has 0 aliphatic rings. The van der Waals surface area contributed by atoms with Crippen molar-refractivity contribution in [3.63, 3.8) is 0 Å². The van der Waals surface area contributed by atoms with E-state index in [0.29, 0.717) is 11.3 Å². The molecule has 0 aliphatic heterocycles. The number of benzene rings is 1. The molecule has 1 aromatic carbocycles. The predicted octanol–water partition coefficient (Wildman–Crippen LogP) is 2.57. The molecule has 0 aliphatic carbocycles. The van der Waals surface area contributed by atoms with Crippen LogP contribution in [0.25, 0.3) is 0 Å². The van der Waals surface area contributed by atoms with Crippen LogP contribution in [-0.4, -0.2) is 0 Å². The van der Waals surface area contributed by atoms with Crippen molar-refractivity contribution in [2.24, 2.45) is 5.18 Å². The largest absolute Gasteiger partial charge is 0.192 e. The first-order chi connectivity index (χ1) is 5.69. The van der Waals surface area contributed by atoms with Crippen LogP contribution in [0.2, 0.25) is 0 Å². The Morgan fingerprint density at radius 2 is 1.83 bits per heavy atom. The fourth-order valence-electron chi connectivity index (χ4n) is 1.16. The molecule has 0 fully saturated rings. The molecular formula is C9H8N2O. The maximum absolute atomic E-state index is 10.3. The van der Waals surface area contributed by atoms with Crippen molar-refractivity contribution in [3.8, 4) is 6.07 Å². The van der Waals surface area contributed by atoms with Gasteiger partial charge in [0.15, 0.2) is 0 Å². The van der Waals surface area contributed by atoms with Gasteiger partial charge in [0, 0.05) is 0 Å². The second-order valence-electron chi connectivity index (χ2n) is 2.66. The molecule has 0 aromatic heterocycles. The van der Waals surface area contributed by atoms with Crippen LogP contribution < -0.4 is 0 Å². The van der Waals surface area contributed by atoms with Gasteiger partial charge in [0.05, 0.1) is 11.6 Å². The summed E-state index contributed by atoms with van der Waals surface area (Å²) in [5.74, 6) is 0. The van der Waals surface area contributed by atoms with Gasteiger partial charge < -0.3 is 0 Å². The minimum absolute atomic E-state index is 0.439. The van der Waals surface area contributed by atoms with E-state index in [1.807, 2.05) is 6.07 Å². The monoisotopic (exact) mass is 160 g/mol. The van der Waals surface area contributed by atoms with Crippen molar-refractivity contribution >= 4 is 5.69 Å². The molecule has 3 nitrogen and oxygen atoms in total. The van der Waals surface area contributed by atoms with Gasteiger partial charge in [-0.25, -0.2) is 0 Å². The van der Waals surface area contributed by atoms with Gasteiger partial charge in [-0.3, -0.25) is 0 Å². The Morgan fingerprint density at radius 3 is 2.17 bits per heavy atom. The average Bonchev–Trinajstić information content (AvgIpc) is 2.03. The zero-order chi connectivity index (χ0) is 9.14. The van der Waals surface area contributed by atoms with Crippen molar-refractivity contribution in [1.82, 2.24) is 0 Å². The summed E-state index contributed by atoms with van der Waals surface area (Å²) in [5.41, 5.74) is 2.51. The fourth-order valence-corrected chi connectivity index (χ4v) is 1.16. The van der Waals surface area contributed by atoms with Crippen LogP contribution >= 0.6 is 0 Å². The molecule has 0 saturated heterocycles.